The summed E-state index contributed by atoms with van der Waals surface area (Å²) < 4.78 is 1.95. The summed E-state index contributed by atoms with van der Waals surface area (Å²) in [7, 11) is 0. The molecule has 12 heavy (non-hydrogen) atoms. The summed E-state index contributed by atoms with van der Waals surface area (Å²) in [5, 5.41) is 4.22. The maximum absolute atomic E-state index is 5.17. The van der Waals surface area contributed by atoms with Crippen molar-refractivity contribution in [1.82, 2.24) is 9.78 Å². The molecule has 1 aromatic rings. The topological polar surface area (TPSA) is 17.8 Å². The maximum atomic E-state index is 5.17. The van der Waals surface area contributed by atoms with Gasteiger partial charge >= 0.3 is 0 Å². The molecule has 64 valence electrons. The van der Waals surface area contributed by atoms with Crippen molar-refractivity contribution in [1.29, 1.82) is 0 Å². The molecule has 0 bridgehead atoms. The van der Waals surface area contributed by atoms with Crippen LogP contribution in [0.1, 0.15) is 31.9 Å². The predicted octanol–water partition coefficient (Wildman–Crippen LogP) is 2.03. The fourth-order valence-corrected chi connectivity index (χ4v) is 1.01. The summed E-state index contributed by atoms with van der Waals surface area (Å²) in [4.78, 5) is 0. The van der Waals surface area contributed by atoms with E-state index in [0.717, 1.165) is 12.8 Å². The molecule has 2 heteroatoms. The average Bonchev–Trinajstić information content (AvgIpc) is 2.48. The Kier molecular flexibility index (Phi) is 2.93. The van der Waals surface area contributed by atoms with E-state index in [1.54, 1.807) is 0 Å². The summed E-state index contributed by atoms with van der Waals surface area (Å²) in [5.74, 6) is 2.62. The number of aryl methyl sites for hydroxylation is 1. The standard InChI is InChI=1S/C10H14N2/c1-4-5-6-10-7-11-12(8-10)9(2)3/h1,7-9H,5-6H2,2-3H3. The molecule has 0 radical (unpaired) electrons. The Balaban J connectivity index is 2.59. The molecule has 0 spiro atoms. The molecule has 0 aliphatic carbocycles. The molecule has 0 atom stereocenters. The van der Waals surface area contributed by atoms with Gasteiger partial charge in [0, 0.05) is 18.7 Å². The van der Waals surface area contributed by atoms with E-state index in [9.17, 15) is 0 Å². The van der Waals surface area contributed by atoms with Gasteiger partial charge in [-0.25, -0.2) is 0 Å². The Bertz CT molecular complexity index is 278. The highest BCUT2D eigenvalue weighted by atomic mass is 15.3. The third-order valence-electron chi connectivity index (χ3n) is 1.74. The van der Waals surface area contributed by atoms with Crippen molar-refractivity contribution < 1.29 is 0 Å². The van der Waals surface area contributed by atoms with E-state index in [2.05, 4.69) is 31.1 Å². The zero-order chi connectivity index (χ0) is 8.97. The number of rotatable bonds is 3. The first-order valence-corrected chi connectivity index (χ1v) is 4.20. The molecule has 0 N–H and O–H groups in total. The fraction of sp³-hybridized carbons (Fsp3) is 0.500. The summed E-state index contributed by atoms with van der Waals surface area (Å²) in [6, 6.07) is 0.435. The first-order chi connectivity index (χ1) is 5.74. The van der Waals surface area contributed by atoms with Gasteiger partial charge in [0.25, 0.3) is 0 Å². The van der Waals surface area contributed by atoms with E-state index < -0.39 is 0 Å². The van der Waals surface area contributed by atoms with Gasteiger partial charge in [-0.15, -0.1) is 12.3 Å². The molecule has 1 aromatic heterocycles. The minimum absolute atomic E-state index is 0.435. The Morgan fingerprint density at radius 1 is 1.67 bits per heavy atom. The molecular weight excluding hydrogens is 148 g/mol. The van der Waals surface area contributed by atoms with Crippen molar-refractivity contribution in [2.75, 3.05) is 0 Å². The van der Waals surface area contributed by atoms with Crippen molar-refractivity contribution in [2.24, 2.45) is 0 Å². The van der Waals surface area contributed by atoms with Gasteiger partial charge in [-0.05, 0) is 25.8 Å². The Hall–Kier alpha value is -1.23. The van der Waals surface area contributed by atoms with Crippen LogP contribution in [0.15, 0.2) is 12.4 Å². The van der Waals surface area contributed by atoms with Gasteiger partial charge in [0.2, 0.25) is 0 Å². The Morgan fingerprint density at radius 3 is 2.92 bits per heavy atom. The molecule has 0 saturated heterocycles. The van der Waals surface area contributed by atoms with Crippen molar-refractivity contribution in [3.63, 3.8) is 0 Å². The zero-order valence-electron chi connectivity index (χ0n) is 7.62. The molecule has 0 amide bonds. The largest absolute Gasteiger partial charge is 0.270 e. The lowest BCUT2D eigenvalue weighted by Crippen LogP contribution is -1.99. The lowest BCUT2D eigenvalue weighted by atomic mass is 10.2. The molecule has 0 fully saturated rings. The van der Waals surface area contributed by atoms with Crippen LogP contribution in [0, 0.1) is 12.3 Å². The number of terminal acetylenes is 1. The predicted molar refractivity (Wildman–Crippen MR) is 49.8 cm³/mol. The normalized spacial score (nSPS) is 10.2. The minimum Gasteiger partial charge on any atom is -0.270 e. The Morgan fingerprint density at radius 2 is 2.42 bits per heavy atom. The van der Waals surface area contributed by atoms with Crippen LogP contribution in [-0.2, 0) is 6.42 Å². The molecule has 1 rings (SSSR count). The van der Waals surface area contributed by atoms with Crippen LogP contribution >= 0.6 is 0 Å². The van der Waals surface area contributed by atoms with Crippen LogP contribution < -0.4 is 0 Å². The number of hydrogen-bond donors (Lipinski definition) is 0. The lowest BCUT2D eigenvalue weighted by Gasteiger charge is -2.02. The maximum Gasteiger partial charge on any atom is 0.0522 e. The summed E-state index contributed by atoms with van der Waals surface area (Å²) >= 11 is 0. The molecule has 0 aliphatic heterocycles. The summed E-state index contributed by atoms with van der Waals surface area (Å²) in [6.45, 7) is 4.22. The number of aromatic nitrogens is 2. The molecule has 0 aliphatic rings. The molecule has 0 saturated carbocycles. The van der Waals surface area contributed by atoms with Crippen LogP contribution in [-0.4, -0.2) is 9.78 Å². The first-order valence-electron chi connectivity index (χ1n) is 4.20. The zero-order valence-corrected chi connectivity index (χ0v) is 7.62. The SMILES string of the molecule is C#CCCc1cnn(C(C)C)c1. The highest BCUT2D eigenvalue weighted by Gasteiger charge is 1.99. The van der Waals surface area contributed by atoms with Gasteiger partial charge < -0.3 is 0 Å². The van der Waals surface area contributed by atoms with Crippen LogP contribution in [0.2, 0.25) is 0 Å². The third-order valence-corrected chi connectivity index (χ3v) is 1.74. The van der Waals surface area contributed by atoms with Crippen molar-refractivity contribution in [3.05, 3.63) is 18.0 Å². The van der Waals surface area contributed by atoms with Gasteiger partial charge in [-0.3, -0.25) is 4.68 Å². The van der Waals surface area contributed by atoms with E-state index >= 15 is 0 Å². The minimum atomic E-state index is 0.435. The molecule has 0 unspecified atom stereocenters. The van der Waals surface area contributed by atoms with Gasteiger partial charge in [-0.1, -0.05) is 0 Å². The van der Waals surface area contributed by atoms with E-state index in [0.29, 0.717) is 6.04 Å². The van der Waals surface area contributed by atoms with Crippen LogP contribution in [0.5, 0.6) is 0 Å². The monoisotopic (exact) mass is 162 g/mol. The van der Waals surface area contributed by atoms with Crippen molar-refractivity contribution in [3.8, 4) is 12.3 Å². The molecular formula is C10H14N2. The average molecular weight is 162 g/mol. The Labute approximate surface area is 73.6 Å². The molecule has 1 heterocycles. The lowest BCUT2D eigenvalue weighted by molar-refractivity contribution is 0.532. The van der Waals surface area contributed by atoms with E-state index in [1.165, 1.54) is 5.56 Å². The fourth-order valence-electron chi connectivity index (χ4n) is 1.01. The van der Waals surface area contributed by atoms with Crippen LogP contribution in [0.3, 0.4) is 0 Å². The van der Waals surface area contributed by atoms with Crippen LogP contribution in [0.25, 0.3) is 0 Å². The quantitative estimate of drug-likeness (QED) is 0.622. The van der Waals surface area contributed by atoms with Gasteiger partial charge in [0.15, 0.2) is 0 Å². The number of hydrogen-bond acceptors (Lipinski definition) is 1. The summed E-state index contributed by atoms with van der Waals surface area (Å²) in [5.41, 5.74) is 1.22. The van der Waals surface area contributed by atoms with Crippen molar-refractivity contribution >= 4 is 0 Å². The van der Waals surface area contributed by atoms with Gasteiger partial charge in [0.1, 0.15) is 0 Å². The first kappa shape index (κ1) is 8.86. The second-order valence-corrected chi connectivity index (χ2v) is 3.13. The van der Waals surface area contributed by atoms with E-state index in [1.807, 2.05) is 10.9 Å². The third kappa shape index (κ3) is 2.13. The highest BCUT2D eigenvalue weighted by Crippen LogP contribution is 2.06. The van der Waals surface area contributed by atoms with Crippen LogP contribution in [0.4, 0.5) is 0 Å². The summed E-state index contributed by atoms with van der Waals surface area (Å²) in [6.07, 6.45) is 10.8. The number of nitrogens with zero attached hydrogens (tertiary/aromatic N) is 2. The van der Waals surface area contributed by atoms with E-state index in [-0.39, 0.29) is 0 Å². The van der Waals surface area contributed by atoms with Gasteiger partial charge in [0.05, 0.1) is 6.20 Å². The second-order valence-electron chi connectivity index (χ2n) is 3.13. The highest BCUT2D eigenvalue weighted by molar-refractivity contribution is 5.06. The van der Waals surface area contributed by atoms with Crippen molar-refractivity contribution in [2.45, 2.75) is 32.7 Å². The second kappa shape index (κ2) is 3.96. The van der Waals surface area contributed by atoms with E-state index in [4.69, 9.17) is 6.42 Å². The van der Waals surface area contributed by atoms with Gasteiger partial charge in [-0.2, -0.15) is 5.10 Å². The molecule has 0 aromatic carbocycles. The smallest absolute Gasteiger partial charge is 0.0522 e. The molecule has 2 nitrogen and oxygen atoms in total.